The highest BCUT2D eigenvalue weighted by Gasteiger charge is 2.15. The van der Waals surface area contributed by atoms with E-state index in [9.17, 15) is 8.42 Å². The van der Waals surface area contributed by atoms with Crippen molar-refractivity contribution in [2.24, 2.45) is 0 Å². The Bertz CT molecular complexity index is 515. The SMILES string of the molecule is O=S(=O)(Nc1ccccc1)C1=CCCC=C1. The van der Waals surface area contributed by atoms with E-state index in [2.05, 4.69) is 4.72 Å². The summed E-state index contributed by atoms with van der Waals surface area (Å²) in [5, 5.41) is 0. The Hall–Kier alpha value is -1.55. The molecule has 1 N–H and O–H groups in total. The maximum absolute atomic E-state index is 11.9. The fourth-order valence-corrected chi connectivity index (χ4v) is 2.69. The van der Waals surface area contributed by atoms with Crippen LogP contribution in [0.25, 0.3) is 0 Å². The number of hydrogen-bond acceptors (Lipinski definition) is 2. The molecule has 3 nitrogen and oxygen atoms in total. The van der Waals surface area contributed by atoms with Gasteiger partial charge >= 0.3 is 0 Å². The second kappa shape index (κ2) is 4.53. The van der Waals surface area contributed by atoms with Crippen molar-refractivity contribution in [2.45, 2.75) is 12.8 Å². The van der Waals surface area contributed by atoms with Gasteiger partial charge in [-0.3, -0.25) is 4.72 Å². The lowest BCUT2D eigenvalue weighted by atomic mass is 10.2. The van der Waals surface area contributed by atoms with Crippen LogP contribution in [0.1, 0.15) is 12.8 Å². The molecular weight excluding hydrogens is 222 g/mol. The molecule has 1 aliphatic carbocycles. The Balaban J connectivity index is 2.21. The zero-order valence-corrected chi connectivity index (χ0v) is 9.57. The third kappa shape index (κ3) is 2.52. The van der Waals surface area contributed by atoms with Crippen LogP contribution in [-0.4, -0.2) is 8.42 Å². The first-order chi connectivity index (χ1) is 7.68. The molecule has 0 saturated heterocycles. The number of benzene rings is 1. The molecule has 2 rings (SSSR count). The maximum Gasteiger partial charge on any atom is 0.261 e. The Morgan fingerprint density at radius 2 is 1.81 bits per heavy atom. The van der Waals surface area contributed by atoms with Crippen LogP contribution in [0.4, 0.5) is 5.69 Å². The van der Waals surface area contributed by atoms with Gasteiger partial charge in [-0.25, -0.2) is 8.42 Å². The molecular formula is C12H13NO2S. The molecule has 1 aliphatic rings. The van der Waals surface area contributed by atoms with Crippen LogP contribution < -0.4 is 4.72 Å². The summed E-state index contributed by atoms with van der Waals surface area (Å²) in [4.78, 5) is 0.350. The van der Waals surface area contributed by atoms with Crippen molar-refractivity contribution in [3.8, 4) is 0 Å². The lowest BCUT2D eigenvalue weighted by molar-refractivity contribution is 0.607. The zero-order valence-electron chi connectivity index (χ0n) is 8.76. The van der Waals surface area contributed by atoms with Gasteiger partial charge < -0.3 is 0 Å². The van der Waals surface area contributed by atoms with Gasteiger partial charge in [-0.15, -0.1) is 0 Å². The van der Waals surface area contributed by atoms with Gasteiger partial charge in [-0.1, -0.05) is 30.4 Å². The molecule has 0 aliphatic heterocycles. The third-order valence-electron chi connectivity index (χ3n) is 2.30. The van der Waals surface area contributed by atoms with E-state index in [-0.39, 0.29) is 0 Å². The zero-order chi connectivity index (χ0) is 11.4. The van der Waals surface area contributed by atoms with Crippen molar-refractivity contribution >= 4 is 15.7 Å². The quantitative estimate of drug-likeness (QED) is 0.875. The molecule has 4 heteroatoms. The molecule has 84 valence electrons. The van der Waals surface area contributed by atoms with Crippen molar-refractivity contribution < 1.29 is 8.42 Å². The fourth-order valence-electron chi connectivity index (χ4n) is 1.51. The summed E-state index contributed by atoms with van der Waals surface area (Å²) in [5.41, 5.74) is 0.586. The highest BCUT2D eigenvalue weighted by Crippen LogP contribution is 2.18. The van der Waals surface area contributed by atoms with Gasteiger partial charge in [-0.05, 0) is 31.1 Å². The van der Waals surface area contributed by atoms with Crippen LogP contribution in [0.15, 0.2) is 53.5 Å². The van der Waals surface area contributed by atoms with Crippen molar-refractivity contribution in [1.29, 1.82) is 0 Å². The standard InChI is InChI=1S/C12H13NO2S/c14-16(15,12-9-5-2-6-10-12)13-11-7-3-1-4-8-11/h1,3-5,7-10,13H,2,6H2. The number of nitrogens with one attached hydrogen (secondary N) is 1. The van der Waals surface area contributed by atoms with Crippen molar-refractivity contribution in [2.75, 3.05) is 4.72 Å². The number of allylic oxidation sites excluding steroid dienone is 3. The number of sulfonamides is 1. The fraction of sp³-hybridized carbons (Fsp3) is 0.167. The minimum atomic E-state index is -3.41. The molecule has 0 heterocycles. The van der Waals surface area contributed by atoms with E-state index in [1.165, 1.54) is 0 Å². The normalized spacial score (nSPS) is 15.6. The summed E-state index contributed by atoms with van der Waals surface area (Å²) < 4.78 is 26.4. The minimum Gasteiger partial charge on any atom is -0.280 e. The van der Waals surface area contributed by atoms with Gasteiger partial charge in [0.2, 0.25) is 0 Å². The highest BCUT2D eigenvalue weighted by atomic mass is 32.2. The third-order valence-corrected chi connectivity index (χ3v) is 3.73. The molecule has 0 amide bonds. The number of anilines is 1. The van der Waals surface area contributed by atoms with Crippen LogP contribution in [0.3, 0.4) is 0 Å². The summed E-state index contributed by atoms with van der Waals surface area (Å²) in [6.07, 6.45) is 6.95. The van der Waals surface area contributed by atoms with E-state index in [1.807, 2.05) is 12.1 Å². The van der Waals surface area contributed by atoms with Gasteiger partial charge in [0.05, 0.1) is 4.91 Å². The van der Waals surface area contributed by atoms with Gasteiger partial charge in [0, 0.05) is 5.69 Å². The predicted octanol–water partition coefficient (Wildman–Crippen LogP) is 2.66. The number of hydrogen-bond donors (Lipinski definition) is 1. The first kappa shape index (κ1) is 11.0. The Labute approximate surface area is 95.5 Å². The van der Waals surface area contributed by atoms with Gasteiger partial charge in [-0.2, -0.15) is 0 Å². The highest BCUT2D eigenvalue weighted by molar-refractivity contribution is 7.96. The molecule has 0 saturated carbocycles. The summed E-state index contributed by atoms with van der Waals surface area (Å²) in [6.45, 7) is 0. The Morgan fingerprint density at radius 3 is 2.44 bits per heavy atom. The van der Waals surface area contributed by atoms with Crippen LogP contribution in [0.2, 0.25) is 0 Å². The molecule has 0 spiro atoms. The Morgan fingerprint density at radius 1 is 1.06 bits per heavy atom. The monoisotopic (exact) mass is 235 g/mol. The molecule has 0 radical (unpaired) electrons. The van der Waals surface area contributed by atoms with Crippen LogP contribution >= 0.6 is 0 Å². The van der Waals surface area contributed by atoms with Gasteiger partial charge in [0.25, 0.3) is 10.0 Å². The molecule has 16 heavy (non-hydrogen) atoms. The molecule has 1 aromatic carbocycles. The Kier molecular flexibility index (Phi) is 3.10. The van der Waals surface area contributed by atoms with Gasteiger partial charge in [0.1, 0.15) is 0 Å². The van der Waals surface area contributed by atoms with Crippen LogP contribution in [0, 0.1) is 0 Å². The number of rotatable bonds is 3. The molecule has 1 aromatic rings. The molecule has 0 atom stereocenters. The van der Waals surface area contributed by atoms with Crippen molar-refractivity contribution in [1.82, 2.24) is 0 Å². The first-order valence-corrected chi connectivity index (χ1v) is 6.61. The average Bonchev–Trinajstić information content (AvgIpc) is 2.31. The van der Waals surface area contributed by atoms with E-state index in [0.29, 0.717) is 10.6 Å². The van der Waals surface area contributed by atoms with Crippen molar-refractivity contribution in [3.63, 3.8) is 0 Å². The predicted molar refractivity (Wildman–Crippen MR) is 65.4 cm³/mol. The molecule has 0 bridgehead atoms. The van der Waals surface area contributed by atoms with E-state index in [4.69, 9.17) is 0 Å². The molecule has 0 aromatic heterocycles. The summed E-state index contributed by atoms with van der Waals surface area (Å²) in [5.74, 6) is 0. The topological polar surface area (TPSA) is 46.2 Å². The second-order valence-electron chi connectivity index (χ2n) is 3.56. The summed E-state index contributed by atoms with van der Waals surface area (Å²) in [7, 11) is -3.41. The van der Waals surface area contributed by atoms with Gasteiger partial charge in [0.15, 0.2) is 0 Å². The molecule has 0 unspecified atom stereocenters. The lowest BCUT2D eigenvalue weighted by Crippen LogP contribution is -2.14. The smallest absolute Gasteiger partial charge is 0.261 e. The largest absolute Gasteiger partial charge is 0.280 e. The minimum absolute atomic E-state index is 0.350. The maximum atomic E-state index is 11.9. The van der Waals surface area contributed by atoms with Crippen LogP contribution in [-0.2, 0) is 10.0 Å². The number of para-hydroxylation sites is 1. The van der Waals surface area contributed by atoms with E-state index in [1.54, 1.807) is 36.4 Å². The summed E-state index contributed by atoms with van der Waals surface area (Å²) in [6, 6.07) is 8.89. The van der Waals surface area contributed by atoms with E-state index < -0.39 is 10.0 Å². The average molecular weight is 235 g/mol. The van der Waals surface area contributed by atoms with Crippen LogP contribution in [0.5, 0.6) is 0 Å². The van der Waals surface area contributed by atoms with Crippen molar-refractivity contribution in [3.05, 3.63) is 53.5 Å². The van der Waals surface area contributed by atoms with E-state index >= 15 is 0 Å². The second-order valence-corrected chi connectivity index (χ2v) is 5.24. The van der Waals surface area contributed by atoms with E-state index in [0.717, 1.165) is 12.8 Å². The molecule has 0 fully saturated rings. The first-order valence-electron chi connectivity index (χ1n) is 5.13. The lowest BCUT2D eigenvalue weighted by Gasteiger charge is -2.10. The summed E-state index contributed by atoms with van der Waals surface area (Å²) >= 11 is 0.